The van der Waals surface area contributed by atoms with Crippen LogP contribution in [-0.4, -0.2) is 37.7 Å². The van der Waals surface area contributed by atoms with Gasteiger partial charge in [0.2, 0.25) is 23.7 Å². The van der Waals surface area contributed by atoms with E-state index in [-0.39, 0.29) is 24.7 Å². The first-order chi connectivity index (χ1) is 15.1. The van der Waals surface area contributed by atoms with Crippen LogP contribution < -0.4 is 15.6 Å². The summed E-state index contributed by atoms with van der Waals surface area (Å²) in [6.45, 7) is 2.32. The van der Waals surface area contributed by atoms with E-state index in [4.69, 9.17) is 4.74 Å². The number of halogens is 3. The Kier molecular flexibility index (Phi) is 5.93. The molecule has 0 spiro atoms. The summed E-state index contributed by atoms with van der Waals surface area (Å²) in [6, 6.07) is 4.96. The lowest BCUT2D eigenvalue weighted by Gasteiger charge is -2.38. The van der Waals surface area contributed by atoms with E-state index in [0.717, 1.165) is 17.2 Å². The molecule has 0 atom stereocenters. The quantitative estimate of drug-likeness (QED) is 0.545. The second-order valence-corrected chi connectivity index (χ2v) is 8.87. The van der Waals surface area contributed by atoms with Crippen molar-refractivity contribution in [3.63, 3.8) is 0 Å². The predicted octanol–water partition coefficient (Wildman–Crippen LogP) is 3.71. The van der Waals surface area contributed by atoms with Crippen LogP contribution in [0.25, 0.3) is 10.8 Å². The number of alkyl halides is 2. The molecule has 1 N–H and O–H groups in total. The van der Waals surface area contributed by atoms with Gasteiger partial charge in [0.15, 0.2) is 0 Å². The van der Waals surface area contributed by atoms with Crippen molar-refractivity contribution < 1.29 is 18.3 Å². The van der Waals surface area contributed by atoms with Gasteiger partial charge in [-0.05, 0) is 50.5 Å². The Hall–Kier alpha value is -2.95. The Labute approximate surface area is 190 Å². The number of aromatic nitrogens is 4. The third-order valence-corrected chi connectivity index (χ3v) is 5.80. The van der Waals surface area contributed by atoms with Crippen molar-refractivity contribution in [3.05, 3.63) is 51.0 Å². The highest BCUT2D eigenvalue weighted by Gasteiger charge is 2.45. The predicted molar refractivity (Wildman–Crippen MR) is 117 cm³/mol. The van der Waals surface area contributed by atoms with Gasteiger partial charge in [-0.1, -0.05) is 15.9 Å². The Morgan fingerprint density at radius 2 is 1.97 bits per heavy atom. The molecule has 32 heavy (non-hydrogen) atoms. The smallest absolute Gasteiger partial charge is 0.275 e. The van der Waals surface area contributed by atoms with Crippen LogP contribution >= 0.6 is 15.9 Å². The molecule has 2 aromatic heterocycles. The molecule has 1 saturated carbocycles. The van der Waals surface area contributed by atoms with Crippen molar-refractivity contribution in [1.29, 1.82) is 0 Å². The lowest BCUT2D eigenvalue weighted by molar-refractivity contribution is -0.117. The van der Waals surface area contributed by atoms with E-state index >= 15 is 0 Å². The van der Waals surface area contributed by atoms with Crippen LogP contribution in [0.3, 0.4) is 0 Å². The van der Waals surface area contributed by atoms with E-state index in [2.05, 4.69) is 36.3 Å². The molecule has 8 nitrogen and oxygen atoms in total. The molecule has 1 amide bonds. The maximum Gasteiger partial charge on any atom is 0.275 e. The van der Waals surface area contributed by atoms with Crippen molar-refractivity contribution in [2.45, 2.75) is 45.3 Å². The van der Waals surface area contributed by atoms with E-state index in [0.29, 0.717) is 15.2 Å². The number of hydrogen-bond acceptors (Lipinski definition) is 6. The largest absolute Gasteiger partial charge is 0.473 e. The summed E-state index contributed by atoms with van der Waals surface area (Å²) < 4.78 is 34.5. The van der Waals surface area contributed by atoms with Crippen LogP contribution in [0.2, 0.25) is 0 Å². The Morgan fingerprint density at radius 3 is 2.62 bits per heavy atom. The lowest BCUT2D eigenvalue weighted by atomic mass is 9.78. The third-order valence-electron chi connectivity index (χ3n) is 5.30. The number of hydrogen-bond donors (Lipinski definition) is 1. The van der Waals surface area contributed by atoms with Gasteiger partial charge in [0.25, 0.3) is 5.56 Å². The van der Waals surface area contributed by atoms with Crippen LogP contribution in [0.1, 0.15) is 25.3 Å². The fourth-order valence-corrected chi connectivity index (χ4v) is 3.77. The highest BCUT2D eigenvalue weighted by atomic mass is 79.9. The minimum absolute atomic E-state index is 0.107. The zero-order valence-corrected chi connectivity index (χ0v) is 18.9. The van der Waals surface area contributed by atoms with Crippen LogP contribution in [0.5, 0.6) is 5.88 Å². The van der Waals surface area contributed by atoms with Crippen molar-refractivity contribution in [3.8, 4) is 5.88 Å². The summed E-state index contributed by atoms with van der Waals surface area (Å²) in [5.41, 5.74) is 0.355. The molecule has 0 aliphatic heterocycles. The number of nitrogens with one attached hydrogen (secondary N) is 1. The topological polar surface area (TPSA) is 99.0 Å². The molecule has 1 aliphatic rings. The molecule has 168 valence electrons. The second-order valence-electron chi connectivity index (χ2n) is 7.95. The molecule has 1 fully saturated rings. The number of carbonyl (C=O) groups excluding carboxylic acids is 1. The molecule has 1 aliphatic carbocycles. The fraction of sp³-hybridized carbons (Fsp3) is 0.381. The van der Waals surface area contributed by atoms with Crippen LogP contribution in [0, 0.1) is 12.8 Å². The molecule has 3 aromatic rings. The molecule has 0 unspecified atom stereocenters. The Balaban J connectivity index is 1.59. The van der Waals surface area contributed by atoms with Gasteiger partial charge >= 0.3 is 0 Å². The highest BCUT2D eigenvalue weighted by Crippen LogP contribution is 2.42. The number of benzene rings is 1. The molecule has 1 aromatic carbocycles. The number of anilines is 1. The zero-order valence-electron chi connectivity index (χ0n) is 17.3. The van der Waals surface area contributed by atoms with Crippen molar-refractivity contribution in [2.75, 3.05) is 5.32 Å². The summed E-state index contributed by atoms with van der Waals surface area (Å²) in [7, 11) is 0. The van der Waals surface area contributed by atoms with Gasteiger partial charge in [-0.25, -0.2) is 23.4 Å². The van der Waals surface area contributed by atoms with E-state index in [1.807, 2.05) is 6.92 Å². The molecular weight excluding hydrogens is 488 g/mol. The van der Waals surface area contributed by atoms with Crippen molar-refractivity contribution in [1.82, 2.24) is 19.7 Å². The van der Waals surface area contributed by atoms with E-state index < -0.39 is 36.0 Å². The van der Waals surface area contributed by atoms with Gasteiger partial charge in [0.1, 0.15) is 12.6 Å². The van der Waals surface area contributed by atoms with Crippen LogP contribution in [0.4, 0.5) is 14.7 Å². The summed E-state index contributed by atoms with van der Waals surface area (Å²) in [6.07, 6.45) is 3.04. The van der Waals surface area contributed by atoms with Gasteiger partial charge in [-0.3, -0.25) is 14.9 Å². The average molecular weight is 508 g/mol. The molecule has 0 radical (unpaired) electrons. The second kappa shape index (κ2) is 8.53. The first-order valence-electron chi connectivity index (χ1n) is 9.93. The van der Waals surface area contributed by atoms with E-state index in [1.54, 1.807) is 30.6 Å². The van der Waals surface area contributed by atoms with Gasteiger partial charge in [0, 0.05) is 22.8 Å². The number of aryl methyl sites for hydroxylation is 1. The van der Waals surface area contributed by atoms with Crippen molar-refractivity contribution in [2.24, 2.45) is 5.92 Å². The lowest BCUT2D eigenvalue weighted by Crippen LogP contribution is -2.43. The number of ether oxygens (including phenoxy) is 1. The Morgan fingerprint density at radius 1 is 1.28 bits per heavy atom. The maximum absolute atomic E-state index is 13.5. The average Bonchev–Trinajstić information content (AvgIpc) is 2.68. The van der Waals surface area contributed by atoms with Crippen LogP contribution in [0.15, 0.2) is 39.9 Å². The molecule has 11 heteroatoms. The summed E-state index contributed by atoms with van der Waals surface area (Å²) in [4.78, 5) is 33.3. The molecule has 0 bridgehead atoms. The molecular formula is C21H20BrF2N5O3. The summed E-state index contributed by atoms with van der Waals surface area (Å²) in [5, 5.41) is 7.47. The first kappa shape index (κ1) is 22.3. The number of fused-ring (bicyclic) bond motifs is 1. The number of carbonyl (C=O) groups is 1. The number of rotatable bonds is 6. The van der Waals surface area contributed by atoms with Gasteiger partial charge in [-0.2, -0.15) is 0 Å². The number of amides is 1. The van der Waals surface area contributed by atoms with Crippen LogP contribution in [-0.2, 0) is 11.3 Å². The summed E-state index contributed by atoms with van der Waals surface area (Å²) >= 11 is 3.36. The Bertz CT molecular complexity index is 1220. The SMILES string of the molecule is Cc1cnc(NC(=O)Cn2nc(OC3CC(C(C)(F)F)C3)c3cc(Br)ccc3c2=O)nc1. The standard InChI is InChI=1S/C21H20BrF2N5O3/c1-11-8-25-20(26-9-11)27-17(30)10-29-19(31)15-4-3-13(22)7-16(15)18(28-29)32-14-5-12(6-14)21(2,23)24/h3-4,7-9,12,14H,5-6,10H2,1-2H3,(H,25,26,27,30). The van der Waals surface area contributed by atoms with E-state index in [1.165, 1.54) is 0 Å². The van der Waals surface area contributed by atoms with Gasteiger partial charge < -0.3 is 4.74 Å². The first-order valence-corrected chi connectivity index (χ1v) is 10.7. The fourth-order valence-electron chi connectivity index (χ4n) is 3.41. The van der Waals surface area contributed by atoms with Gasteiger partial charge in [-0.15, -0.1) is 5.10 Å². The molecule has 4 rings (SSSR count). The molecule has 0 saturated heterocycles. The zero-order chi connectivity index (χ0) is 23.0. The minimum atomic E-state index is -2.77. The molecule has 2 heterocycles. The van der Waals surface area contributed by atoms with Crippen molar-refractivity contribution >= 4 is 38.6 Å². The minimum Gasteiger partial charge on any atom is -0.473 e. The maximum atomic E-state index is 13.5. The third kappa shape index (κ3) is 4.77. The normalized spacial score (nSPS) is 18.3. The van der Waals surface area contributed by atoms with E-state index in [9.17, 15) is 18.4 Å². The van der Waals surface area contributed by atoms with Gasteiger partial charge in [0.05, 0.1) is 10.8 Å². The highest BCUT2D eigenvalue weighted by molar-refractivity contribution is 9.10. The monoisotopic (exact) mass is 507 g/mol. The summed E-state index contributed by atoms with van der Waals surface area (Å²) in [5.74, 6) is -3.84. The number of nitrogens with zero attached hydrogens (tertiary/aromatic N) is 4.